The first-order chi connectivity index (χ1) is 10.8. The van der Waals surface area contributed by atoms with Crippen molar-refractivity contribution in [3.8, 4) is 0 Å². The third-order valence-corrected chi connectivity index (χ3v) is 4.45. The van der Waals surface area contributed by atoms with E-state index in [4.69, 9.17) is 5.11 Å². The summed E-state index contributed by atoms with van der Waals surface area (Å²) in [6.07, 6.45) is 0. The zero-order valence-corrected chi connectivity index (χ0v) is 12.9. The van der Waals surface area contributed by atoms with Gasteiger partial charge in [-0.3, -0.25) is 10.2 Å². The van der Waals surface area contributed by atoms with Crippen LogP contribution in [0.15, 0.2) is 53.4 Å². The number of carbonyl (C=O) groups is 2. The van der Waals surface area contributed by atoms with Crippen molar-refractivity contribution in [2.24, 2.45) is 0 Å². The van der Waals surface area contributed by atoms with E-state index < -0.39 is 21.9 Å². The van der Waals surface area contributed by atoms with E-state index in [9.17, 15) is 18.0 Å². The van der Waals surface area contributed by atoms with Crippen molar-refractivity contribution in [3.63, 3.8) is 0 Å². The molecule has 0 heterocycles. The van der Waals surface area contributed by atoms with Crippen LogP contribution in [0.3, 0.4) is 0 Å². The lowest BCUT2D eigenvalue weighted by atomic mass is 10.1. The maximum Gasteiger partial charge on any atom is 0.335 e. The third kappa shape index (κ3) is 3.93. The van der Waals surface area contributed by atoms with Crippen molar-refractivity contribution < 1.29 is 23.1 Å². The Bertz CT molecular complexity index is 847. The summed E-state index contributed by atoms with van der Waals surface area (Å²) in [7, 11) is -4.10. The average Bonchev–Trinajstić information content (AvgIpc) is 2.53. The summed E-state index contributed by atoms with van der Waals surface area (Å²) in [6.45, 7) is 1.53. The molecule has 2 rings (SSSR count). The van der Waals surface area contributed by atoms with Gasteiger partial charge in [0, 0.05) is 5.56 Å². The predicted molar refractivity (Wildman–Crippen MR) is 82.4 cm³/mol. The molecule has 1 amide bonds. The summed E-state index contributed by atoms with van der Waals surface area (Å²) in [5, 5.41) is 8.95. The molecule has 120 valence electrons. The van der Waals surface area contributed by atoms with E-state index in [0.29, 0.717) is 5.56 Å². The number of rotatable bonds is 5. The van der Waals surface area contributed by atoms with Gasteiger partial charge in [-0.05, 0) is 36.8 Å². The zero-order valence-electron chi connectivity index (χ0n) is 12.1. The smallest absolute Gasteiger partial charge is 0.335 e. The van der Waals surface area contributed by atoms with Gasteiger partial charge in [-0.25, -0.2) is 13.2 Å². The van der Waals surface area contributed by atoms with Crippen LogP contribution in [-0.4, -0.2) is 25.4 Å². The molecule has 0 atom stereocenters. The van der Waals surface area contributed by atoms with Gasteiger partial charge in [0.2, 0.25) is 0 Å². The number of hydrazine groups is 1. The minimum atomic E-state index is -4.10. The number of aryl methyl sites for hydroxylation is 1. The number of hydrogen-bond donors (Lipinski definition) is 3. The molecule has 0 aliphatic carbocycles. The largest absolute Gasteiger partial charge is 0.478 e. The highest BCUT2D eigenvalue weighted by atomic mass is 32.2. The van der Waals surface area contributed by atoms with Gasteiger partial charge in [-0.2, -0.15) is 0 Å². The lowest BCUT2D eigenvalue weighted by Crippen LogP contribution is -2.41. The fraction of sp³-hybridized carbons (Fsp3) is 0.0667. The highest BCUT2D eigenvalue weighted by Gasteiger charge is 2.20. The Morgan fingerprint density at radius 3 is 2.26 bits per heavy atom. The Labute approximate surface area is 133 Å². The molecule has 7 nitrogen and oxygen atoms in total. The SMILES string of the molecule is Cc1ccc(C(=O)O)cc1S(=O)(=O)NNC(=O)c1ccccc1. The van der Waals surface area contributed by atoms with Crippen LogP contribution >= 0.6 is 0 Å². The van der Waals surface area contributed by atoms with E-state index in [0.717, 1.165) is 6.07 Å². The maximum absolute atomic E-state index is 12.2. The lowest BCUT2D eigenvalue weighted by Gasteiger charge is -2.11. The second-order valence-electron chi connectivity index (χ2n) is 4.71. The number of nitrogens with one attached hydrogen (secondary N) is 2. The van der Waals surface area contributed by atoms with Gasteiger partial charge < -0.3 is 5.11 Å². The summed E-state index contributed by atoms with van der Waals surface area (Å²) in [4.78, 5) is 24.6. The molecule has 0 aliphatic heterocycles. The zero-order chi connectivity index (χ0) is 17.0. The molecule has 8 heteroatoms. The molecule has 2 aromatic carbocycles. The van der Waals surface area contributed by atoms with Gasteiger partial charge in [-0.15, -0.1) is 4.83 Å². The molecule has 0 aromatic heterocycles. The van der Waals surface area contributed by atoms with Gasteiger partial charge in [0.25, 0.3) is 15.9 Å². The molecular formula is C15H14N2O5S. The number of carbonyl (C=O) groups excluding carboxylic acids is 1. The van der Waals surface area contributed by atoms with Gasteiger partial charge >= 0.3 is 5.97 Å². The maximum atomic E-state index is 12.2. The van der Waals surface area contributed by atoms with Crippen LogP contribution in [0.1, 0.15) is 26.3 Å². The van der Waals surface area contributed by atoms with Crippen LogP contribution < -0.4 is 10.3 Å². The Balaban J connectivity index is 2.21. The molecule has 0 saturated heterocycles. The van der Waals surface area contributed by atoms with E-state index >= 15 is 0 Å². The van der Waals surface area contributed by atoms with Crippen molar-refractivity contribution in [2.45, 2.75) is 11.8 Å². The molecule has 0 bridgehead atoms. The summed E-state index contributed by atoms with van der Waals surface area (Å²) >= 11 is 0. The Hall–Kier alpha value is -2.71. The minimum Gasteiger partial charge on any atom is -0.478 e. The number of aromatic carboxylic acids is 1. The van der Waals surface area contributed by atoms with Crippen molar-refractivity contribution in [1.29, 1.82) is 0 Å². The highest BCUT2D eigenvalue weighted by molar-refractivity contribution is 7.89. The Morgan fingerprint density at radius 1 is 1.00 bits per heavy atom. The van der Waals surface area contributed by atoms with E-state index in [1.54, 1.807) is 18.2 Å². The fourth-order valence-corrected chi connectivity index (χ4v) is 2.96. The summed E-state index contributed by atoms with van der Waals surface area (Å²) in [5.41, 5.74) is 2.57. The number of carboxylic acids is 1. The van der Waals surface area contributed by atoms with Gasteiger partial charge in [-0.1, -0.05) is 24.3 Å². The topological polar surface area (TPSA) is 113 Å². The molecular weight excluding hydrogens is 320 g/mol. The molecule has 0 radical (unpaired) electrons. The van der Waals surface area contributed by atoms with Crippen LogP contribution in [0, 0.1) is 6.92 Å². The number of benzene rings is 2. The lowest BCUT2D eigenvalue weighted by molar-refractivity contribution is 0.0696. The normalized spacial score (nSPS) is 11.0. The van der Waals surface area contributed by atoms with Crippen molar-refractivity contribution >= 4 is 21.9 Å². The highest BCUT2D eigenvalue weighted by Crippen LogP contribution is 2.16. The molecule has 0 spiro atoms. The summed E-state index contributed by atoms with van der Waals surface area (Å²) in [5.74, 6) is -1.86. The molecule has 23 heavy (non-hydrogen) atoms. The van der Waals surface area contributed by atoms with E-state index in [-0.39, 0.29) is 16.0 Å². The van der Waals surface area contributed by atoms with Gasteiger partial charge in [0.1, 0.15) is 0 Å². The number of sulfonamides is 1. The molecule has 2 aromatic rings. The van der Waals surface area contributed by atoms with Crippen LogP contribution in [0.5, 0.6) is 0 Å². The van der Waals surface area contributed by atoms with Crippen molar-refractivity contribution in [2.75, 3.05) is 0 Å². The van der Waals surface area contributed by atoms with Gasteiger partial charge in [0.15, 0.2) is 0 Å². The molecule has 0 saturated carbocycles. The van der Waals surface area contributed by atoms with E-state index in [1.807, 2.05) is 4.83 Å². The fourth-order valence-electron chi connectivity index (χ4n) is 1.85. The van der Waals surface area contributed by atoms with Crippen LogP contribution in [0.4, 0.5) is 0 Å². The van der Waals surface area contributed by atoms with Crippen LogP contribution in [0.2, 0.25) is 0 Å². The quantitative estimate of drug-likeness (QED) is 0.714. The van der Waals surface area contributed by atoms with E-state index in [2.05, 4.69) is 5.43 Å². The molecule has 0 unspecified atom stereocenters. The second-order valence-corrected chi connectivity index (χ2v) is 6.36. The first kappa shape index (κ1) is 16.7. The first-order valence-corrected chi connectivity index (χ1v) is 8.01. The second kappa shape index (κ2) is 6.59. The monoisotopic (exact) mass is 334 g/mol. The average molecular weight is 334 g/mol. The predicted octanol–water partition coefficient (Wildman–Crippen LogP) is 1.32. The Kier molecular flexibility index (Phi) is 4.77. The number of carboxylic acid groups (broad SMARTS) is 1. The molecule has 3 N–H and O–H groups in total. The standard InChI is InChI=1S/C15H14N2O5S/c1-10-7-8-12(15(19)20)9-13(10)23(21,22)17-16-14(18)11-5-3-2-4-6-11/h2-9,17H,1H3,(H,16,18)(H,19,20). The first-order valence-electron chi connectivity index (χ1n) is 6.52. The van der Waals surface area contributed by atoms with Gasteiger partial charge in [0.05, 0.1) is 10.5 Å². The van der Waals surface area contributed by atoms with Crippen molar-refractivity contribution in [3.05, 3.63) is 65.2 Å². The van der Waals surface area contributed by atoms with Crippen LogP contribution in [-0.2, 0) is 10.0 Å². The number of hydrogen-bond acceptors (Lipinski definition) is 4. The third-order valence-electron chi connectivity index (χ3n) is 3.06. The molecule has 0 aliphatic rings. The minimum absolute atomic E-state index is 0.162. The van der Waals surface area contributed by atoms with E-state index in [1.165, 1.54) is 31.2 Å². The Morgan fingerprint density at radius 2 is 1.65 bits per heavy atom. The van der Waals surface area contributed by atoms with Crippen LogP contribution in [0.25, 0.3) is 0 Å². The summed E-state index contributed by atoms with van der Waals surface area (Å²) < 4.78 is 24.5. The number of amides is 1. The molecule has 0 fully saturated rings. The van der Waals surface area contributed by atoms with Crippen molar-refractivity contribution in [1.82, 2.24) is 10.3 Å². The summed E-state index contributed by atoms with van der Waals surface area (Å²) in [6, 6.07) is 11.8.